The number of aryl methyl sites for hydroxylation is 2. The van der Waals surface area contributed by atoms with E-state index in [0.717, 1.165) is 44.3 Å². The lowest BCUT2D eigenvalue weighted by Crippen LogP contribution is -2.37. The van der Waals surface area contributed by atoms with Crippen LogP contribution in [0.2, 0.25) is 0 Å². The van der Waals surface area contributed by atoms with Crippen LogP contribution in [0.4, 0.5) is 10.5 Å². The fourth-order valence-electron chi connectivity index (χ4n) is 3.62. The van der Waals surface area contributed by atoms with Gasteiger partial charge in [-0.3, -0.25) is 4.79 Å². The Kier molecular flexibility index (Phi) is 6.69. The second kappa shape index (κ2) is 9.40. The fourth-order valence-corrected chi connectivity index (χ4v) is 3.62. The van der Waals surface area contributed by atoms with E-state index in [0.29, 0.717) is 11.3 Å². The van der Waals surface area contributed by atoms with Gasteiger partial charge in [0.1, 0.15) is 0 Å². The van der Waals surface area contributed by atoms with Crippen molar-refractivity contribution < 1.29 is 9.59 Å². The van der Waals surface area contributed by atoms with Gasteiger partial charge in [-0.15, -0.1) is 0 Å². The minimum absolute atomic E-state index is 0.00280. The van der Waals surface area contributed by atoms with Gasteiger partial charge in [0.2, 0.25) is 0 Å². The van der Waals surface area contributed by atoms with E-state index < -0.39 is 0 Å². The Balaban J connectivity index is 1.60. The highest BCUT2D eigenvalue weighted by molar-refractivity contribution is 6.04. The van der Waals surface area contributed by atoms with Gasteiger partial charge in [0.25, 0.3) is 5.91 Å². The summed E-state index contributed by atoms with van der Waals surface area (Å²) >= 11 is 0. The summed E-state index contributed by atoms with van der Waals surface area (Å²) in [5, 5.41) is 5.87. The summed E-state index contributed by atoms with van der Waals surface area (Å²) in [7, 11) is 0. The quantitative estimate of drug-likeness (QED) is 0.783. The minimum atomic E-state index is -0.276. The molecule has 0 aliphatic carbocycles. The third-order valence-corrected chi connectivity index (χ3v) is 5.21. The second-order valence-corrected chi connectivity index (χ2v) is 7.52. The summed E-state index contributed by atoms with van der Waals surface area (Å²) in [5.74, 6) is 0.00280. The third-order valence-electron chi connectivity index (χ3n) is 5.21. The van der Waals surface area contributed by atoms with Gasteiger partial charge in [-0.2, -0.15) is 0 Å². The molecule has 2 N–H and O–H groups in total. The maximum Gasteiger partial charge on any atom is 0.319 e. The Morgan fingerprint density at radius 1 is 1.04 bits per heavy atom. The van der Waals surface area contributed by atoms with Crippen LogP contribution in [0, 0.1) is 6.92 Å². The maximum atomic E-state index is 12.9. The lowest BCUT2D eigenvalue weighted by atomic mass is 10.0. The van der Waals surface area contributed by atoms with Crippen molar-refractivity contribution >= 4 is 17.6 Å². The molecule has 28 heavy (non-hydrogen) atoms. The molecule has 148 valence electrons. The van der Waals surface area contributed by atoms with Crippen LogP contribution >= 0.6 is 0 Å². The number of rotatable bonds is 6. The molecule has 5 heteroatoms. The summed E-state index contributed by atoms with van der Waals surface area (Å²) in [6.07, 6.45) is 3.84. The number of hydrogen-bond donors (Lipinski definition) is 2. The fraction of sp³-hybridized carbons (Fsp3) is 0.391. The van der Waals surface area contributed by atoms with Crippen LogP contribution in [0.15, 0.2) is 48.5 Å². The molecule has 0 bridgehead atoms. The van der Waals surface area contributed by atoms with Gasteiger partial charge in [-0.05, 0) is 56.7 Å². The zero-order chi connectivity index (χ0) is 19.9. The van der Waals surface area contributed by atoms with Crippen molar-refractivity contribution in [1.82, 2.24) is 10.2 Å². The zero-order valence-electron chi connectivity index (χ0n) is 16.7. The normalized spacial score (nSPS) is 14.6. The Morgan fingerprint density at radius 3 is 2.46 bits per heavy atom. The van der Waals surface area contributed by atoms with Gasteiger partial charge in [0, 0.05) is 19.1 Å². The number of nitrogens with zero attached hydrogens (tertiary/aromatic N) is 1. The SMILES string of the molecule is Cc1cccc(NC(=O)NC(C)CCc2ccccc2)c1C(=O)N1CCCC1. The smallest absolute Gasteiger partial charge is 0.319 e. The van der Waals surface area contributed by atoms with E-state index in [1.165, 1.54) is 5.56 Å². The molecular weight excluding hydrogens is 350 g/mol. The van der Waals surface area contributed by atoms with Crippen molar-refractivity contribution in [2.24, 2.45) is 0 Å². The molecule has 1 atom stereocenters. The molecule has 1 heterocycles. The van der Waals surface area contributed by atoms with E-state index in [1.54, 1.807) is 6.07 Å². The van der Waals surface area contributed by atoms with E-state index >= 15 is 0 Å². The first-order valence-corrected chi connectivity index (χ1v) is 10.0. The lowest BCUT2D eigenvalue weighted by molar-refractivity contribution is 0.0793. The molecule has 0 radical (unpaired) electrons. The van der Waals surface area contributed by atoms with Gasteiger partial charge in [-0.1, -0.05) is 42.5 Å². The van der Waals surface area contributed by atoms with Crippen LogP contribution in [0.5, 0.6) is 0 Å². The number of carbonyl (C=O) groups is 2. The first kappa shape index (κ1) is 19.9. The summed E-state index contributed by atoms with van der Waals surface area (Å²) in [6.45, 7) is 5.48. The summed E-state index contributed by atoms with van der Waals surface area (Å²) < 4.78 is 0. The Morgan fingerprint density at radius 2 is 1.75 bits per heavy atom. The Labute approximate surface area is 167 Å². The van der Waals surface area contributed by atoms with Crippen molar-refractivity contribution in [1.29, 1.82) is 0 Å². The number of hydrogen-bond acceptors (Lipinski definition) is 2. The summed E-state index contributed by atoms with van der Waals surface area (Å²) in [5.41, 5.74) is 3.31. The molecule has 2 aromatic rings. The van der Waals surface area contributed by atoms with Crippen LogP contribution in [-0.4, -0.2) is 36.0 Å². The highest BCUT2D eigenvalue weighted by Crippen LogP contribution is 2.23. The third kappa shape index (κ3) is 5.12. The molecule has 3 amide bonds. The van der Waals surface area contributed by atoms with Crippen LogP contribution < -0.4 is 10.6 Å². The number of nitrogens with one attached hydrogen (secondary N) is 2. The maximum absolute atomic E-state index is 12.9. The highest BCUT2D eigenvalue weighted by atomic mass is 16.2. The lowest BCUT2D eigenvalue weighted by Gasteiger charge is -2.20. The highest BCUT2D eigenvalue weighted by Gasteiger charge is 2.24. The zero-order valence-corrected chi connectivity index (χ0v) is 16.7. The predicted octanol–water partition coefficient (Wildman–Crippen LogP) is 4.37. The molecule has 1 unspecified atom stereocenters. The molecule has 1 fully saturated rings. The molecule has 1 aliphatic heterocycles. The Hall–Kier alpha value is -2.82. The average Bonchev–Trinajstić information content (AvgIpc) is 3.22. The molecule has 0 aromatic heterocycles. The molecule has 1 saturated heterocycles. The van der Waals surface area contributed by atoms with Crippen molar-refractivity contribution in [2.45, 2.75) is 45.6 Å². The van der Waals surface area contributed by atoms with Crippen LogP contribution in [0.3, 0.4) is 0 Å². The largest absolute Gasteiger partial charge is 0.339 e. The molecule has 3 rings (SSSR count). The Bertz CT molecular complexity index is 814. The van der Waals surface area contributed by atoms with E-state index in [-0.39, 0.29) is 18.0 Å². The van der Waals surface area contributed by atoms with E-state index in [2.05, 4.69) is 22.8 Å². The number of amides is 3. The molecular formula is C23H29N3O2. The van der Waals surface area contributed by atoms with Gasteiger partial charge >= 0.3 is 6.03 Å². The van der Waals surface area contributed by atoms with Gasteiger partial charge < -0.3 is 15.5 Å². The van der Waals surface area contributed by atoms with Crippen molar-refractivity contribution in [3.63, 3.8) is 0 Å². The van der Waals surface area contributed by atoms with Crippen LogP contribution in [0.25, 0.3) is 0 Å². The average molecular weight is 380 g/mol. The molecule has 0 spiro atoms. The van der Waals surface area contributed by atoms with E-state index in [1.807, 2.05) is 49.1 Å². The molecule has 0 saturated carbocycles. The number of benzene rings is 2. The molecule has 2 aromatic carbocycles. The predicted molar refractivity (Wildman–Crippen MR) is 113 cm³/mol. The topological polar surface area (TPSA) is 61.4 Å². The second-order valence-electron chi connectivity index (χ2n) is 7.52. The minimum Gasteiger partial charge on any atom is -0.339 e. The first-order valence-electron chi connectivity index (χ1n) is 10.0. The number of anilines is 1. The number of likely N-dealkylation sites (tertiary alicyclic amines) is 1. The standard InChI is InChI=1S/C23H29N3O2/c1-17-9-8-12-20(21(17)22(27)26-15-6-7-16-26)25-23(28)24-18(2)13-14-19-10-4-3-5-11-19/h3-5,8-12,18H,6-7,13-16H2,1-2H3,(H2,24,25,28). The molecule has 1 aliphatic rings. The van der Waals surface area contributed by atoms with Crippen LogP contribution in [0.1, 0.15) is 47.7 Å². The van der Waals surface area contributed by atoms with Crippen LogP contribution in [-0.2, 0) is 6.42 Å². The summed E-state index contributed by atoms with van der Waals surface area (Å²) in [6, 6.07) is 15.6. The van der Waals surface area contributed by atoms with Gasteiger partial charge in [0.05, 0.1) is 11.3 Å². The van der Waals surface area contributed by atoms with Crippen molar-refractivity contribution in [3.05, 3.63) is 65.2 Å². The van der Waals surface area contributed by atoms with Crippen molar-refractivity contribution in [3.8, 4) is 0 Å². The van der Waals surface area contributed by atoms with E-state index in [9.17, 15) is 9.59 Å². The number of urea groups is 1. The van der Waals surface area contributed by atoms with Gasteiger partial charge in [0.15, 0.2) is 0 Å². The van der Waals surface area contributed by atoms with Crippen molar-refractivity contribution in [2.75, 3.05) is 18.4 Å². The molecule has 5 nitrogen and oxygen atoms in total. The number of carbonyl (C=O) groups excluding carboxylic acids is 2. The monoisotopic (exact) mass is 379 g/mol. The van der Waals surface area contributed by atoms with E-state index in [4.69, 9.17) is 0 Å². The first-order chi connectivity index (χ1) is 13.5. The van der Waals surface area contributed by atoms with Gasteiger partial charge in [-0.25, -0.2) is 4.79 Å². The summed E-state index contributed by atoms with van der Waals surface area (Å²) in [4.78, 5) is 27.3.